The zero-order chi connectivity index (χ0) is 27.9. The third-order valence-electron chi connectivity index (χ3n) is 6.86. The van der Waals surface area contributed by atoms with Gasteiger partial charge < -0.3 is 39.5 Å². The van der Waals surface area contributed by atoms with Crippen LogP contribution >= 0.6 is 0 Å². The highest BCUT2D eigenvalue weighted by Gasteiger charge is 2.25. The molecular formula is C29H33N5O6. The van der Waals surface area contributed by atoms with Crippen LogP contribution in [0.25, 0.3) is 0 Å². The molecule has 3 N–H and O–H groups in total. The minimum absolute atomic E-state index is 0.175. The van der Waals surface area contributed by atoms with Crippen LogP contribution in [0.15, 0.2) is 83.4 Å². The Balaban J connectivity index is 1.10. The van der Waals surface area contributed by atoms with Crippen LogP contribution in [0, 0.1) is 5.92 Å². The number of piperazine rings is 1. The number of benzene rings is 2. The lowest BCUT2D eigenvalue weighted by Gasteiger charge is -2.35. The smallest absolute Gasteiger partial charge is 0.434 e. The molecule has 0 radical (unpaired) electrons. The van der Waals surface area contributed by atoms with Crippen molar-refractivity contribution in [1.29, 1.82) is 0 Å². The van der Waals surface area contributed by atoms with Gasteiger partial charge in [0.05, 0.1) is 12.8 Å². The summed E-state index contributed by atoms with van der Waals surface area (Å²) in [6.45, 7) is 2.82. The van der Waals surface area contributed by atoms with Gasteiger partial charge in [-0.05, 0) is 60.9 Å². The van der Waals surface area contributed by atoms with Crippen molar-refractivity contribution in [3.8, 4) is 17.4 Å². The first-order valence-electron chi connectivity index (χ1n) is 13.2. The molecule has 0 bridgehead atoms. The molecule has 2 heterocycles. The molecule has 2 aromatic carbocycles. The van der Waals surface area contributed by atoms with Gasteiger partial charge >= 0.3 is 11.8 Å². The van der Waals surface area contributed by atoms with Gasteiger partial charge in [0, 0.05) is 45.0 Å². The summed E-state index contributed by atoms with van der Waals surface area (Å²) >= 11 is 0. The van der Waals surface area contributed by atoms with Crippen LogP contribution in [-0.4, -0.2) is 65.6 Å². The van der Waals surface area contributed by atoms with E-state index in [1.165, 1.54) is 4.90 Å². The number of nitrogens with zero attached hydrogens (tertiary/aromatic N) is 3. The number of ether oxygens (including phenoxy) is 2. The molecule has 11 heteroatoms. The molecule has 11 nitrogen and oxygen atoms in total. The van der Waals surface area contributed by atoms with Crippen LogP contribution in [0.3, 0.4) is 0 Å². The lowest BCUT2D eigenvalue weighted by Crippen LogP contribution is -2.51. The number of aromatic nitrogens is 2. The standard InChI is InChI=1S/C29H33N5O6/c1-38-23-12-10-22(11-13-23)32-14-16-33(17-15-32)29(37)40-34-27(35)26(31-28(34)36)20-30-19-21-6-5-9-25(18-21)39-24-7-3-2-4-8-24/h2-5,7-13,18,21,30,35H,6,14-17,19-20H2,1H3,(H,31,36). The second-order valence-corrected chi connectivity index (χ2v) is 9.57. The molecule has 1 unspecified atom stereocenters. The largest absolute Gasteiger partial charge is 0.497 e. The summed E-state index contributed by atoms with van der Waals surface area (Å²) in [6, 6.07) is 17.3. The lowest BCUT2D eigenvalue weighted by molar-refractivity contribution is 0.0779. The number of allylic oxidation sites excluding steroid dienone is 2. The highest BCUT2D eigenvalue weighted by atomic mass is 16.7. The topological polar surface area (TPSA) is 121 Å². The monoisotopic (exact) mass is 547 g/mol. The second kappa shape index (κ2) is 12.5. The molecule has 1 aliphatic heterocycles. The summed E-state index contributed by atoms with van der Waals surface area (Å²) in [5.41, 5.74) is 0.543. The van der Waals surface area contributed by atoms with E-state index in [9.17, 15) is 14.7 Å². The van der Waals surface area contributed by atoms with Crippen molar-refractivity contribution in [3.63, 3.8) is 0 Å². The molecule has 210 valence electrons. The van der Waals surface area contributed by atoms with Crippen LogP contribution in [0.5, 0.6) is 17.4 Å². The molecule has 0 saturated carbocycles. The second-order valence-electron chi connectivity index (χ2n) is 9.57. The van der Waals surface area contributed by atoms with Gasteiger partial charge in [-0.1, -0.05) is 29.0 Å². The molecule has 5 rings (SSSR count). The first-order valence-corrected chi connectivity index (χ1v) is 13.2. The van der Waals surface area contributed by atoms with E-state index in [1.54, 1.807) is 7.11 Å². The molecule has 3 aromatic rings. The van der Waals surface area contributed by atoms with Gasteiger partial charge in [-0.2, -0.15) is 0 Å². The van der Waals surface area contributed by atoms with E-state index in [1.807, 2.05) is 66.7 Å². The number of carbonyl (C=O) groups excluding carboxylic acids is 1. The van der Waals surface area contributed by atoms with Crippen LogP contribution in [0.2, 0.25) is 0 Å². The third kappa shape index (κ3) is 6.49. The number of hydrogen-bond donors (Lipinski definition) is 3. The Bertz CT molecular complexity index is 1400. The first-order chi connectivity index (χ1) is 19.5. The average molecular weight is 548 g/mol. The Morgan fingerprint density at radius 3 is 2.52 bits per heavy atom. The molecule has 1 aliphatic carbocycles. The number of aromatic hydroxyl groups is 1. The predicted molar refractivity (Wildman–Crippen MR) is 150 cm³/mol. The SMILES string of the molecule is COc1ccc(N2CCN(C(=O)On3c(O)c(CNCC4C=C(Oc5ccccc5)C=CC4)[nH]c3=O)CC2)cc1. The maximum absolute atomic E-state index is 12.7. The van der Waals surface area contributed by atoms with Gasteiger partial charge in [0.2, 0.25) is 0 Å². The Kier molecular flexibility index (Phi) is 8.41. The van der Waals surface area contributed by atoms with E-state index in [-0.39, 0.29) is 18.2 Å². The van der Waals surface area contributed by atoms with Crippen molar-refractivity contribution in [2.45, 2.75) is 13.0 Å². The fourth-order valence-electron chi connectivity index (χ4n) is 4.67. The third-order valence-corrected chi connectivity index (χ3v) is 6.86. The number of H-pyrrole nitrogens is 1. The van der Waals surface area contributed by atoms with Gasteiger partial charge in [0.25, 0.3) is 5.88 Å². The Morgan fingerprint density at radius 2 is 1.80 bits per heavy atom. The van der Waals surface area contributed by atoms with Crippen molar-refractivity contribution in [2.24, 2.45) is 5.92 Å². The lowest BCUT2D eigenvalue weighted by atomic mass is 10.00. The van der Waals surface area contributed by atoms with Crippen LogP contribution in [0.4, 0.5) is 10.5 Å². The van der Waals surface area contributed by atoms with E-state index >= 15 is 0 Å². The van der Waals surface area contributed by atoms with Gasteiger partial charge in [0.1, 0.15) is 17.3 Å². The number of anilines is 1. The number of amides is 1. The van der Waals surface area contributed by atoms with Crippen LogP contribution < -0.4 is 30.2 Å². The molecule has 0 spiro atoms. The Morgan fingerprint density at radius 1 is 1.05 bits per heavy atom. The van der Waals surface area contributed by atoms with E-state index in [0.717, 1.165) is 29.4 Å². The summed E-state index contributed by atoms with van der Waals surface area (Å²) < 4.78 is 11.7. The molecule has 1 atom stereocenters. The van der Waals surface area contributed by atoms with Crippen molar-refractivity contribution in [2.75, 3.05) is 44.7 Å². The molecular weight excluding hydrogens is 514 g/mol. The molecule has 2 aliphatic rings. The number of nitrogens with one attached hydrogen (secondary N) is 2. The number of methoxy groups -OCH3 is 1. The van der Waals surface area contributed by atoms with Crippen molar-refractivity contribution >= 4 is 11.8 Å². The Hall–Kier alpha value is -4.64. The normalized spacial score (nSPS) is 16.9. The van der Waals surface area contributed by atoms with Gasteiger partial charge in [0.15, 0.2) is 0 Å². The van der Waals surface area contributed by atoms with Crippen LogP contribution in [-0.2, 0) is 6.54 Å². The zero-order valence-corrected chi connectivity index (χ0v) is 22.3. The van der Waals surface area contributed by atoms with Crippen molar-refractivity contribution in [3.05, 3.63) is 94.8 Å². The van der Waals surface area contributed by atoms with Crippen molar-refractivity contribution in [1.82, 2.24) is 19.9 Å². The fraction of sp³-hybridized carbons (Fsp3) is 0.310. The summed E-state index contributed by atoms with van der Waals surface area (Å²) in [5.74, 6) is 2.06. The molecule has 1 amide bonds. The number of carbonyl (C=O) groups is 1. The number of imidazole rings is 1. The van der Waals surface area contributed by atoms with Gasteiger partial charge in [-0.3, -0.25) is 0 Å². The summed E-state index contributed by atoms with van der Waals surface area (Å²) in [5, 5.41) is 13.8. The highest BCUT2D eigenvalue weighted by Crippen LogP contribution is 2.22. The number of aromatic amines is 1. The Labute approximate surface area is 231 Å². The zero-order valence-electron chi connectivity index (χ0n) is 22.3. The maximum atomic E-state index is 12.7. The minimum Gasteiger partial charge on any atom is -0.497 e. The van der Waals surface area contributed by atoms with Crippen LogP contribution in [0.1, 0.15) is 12.1 Å². The van der Waals surface area contributed by atoms with Gasteiger partial charge in [-0.25, -0.2) is 9.59 Å². The predicted octanol–water partition coefficient (Wildman–Crippen LogP) is 2.89. The highest BCUT2D eigenvalue weighted by molar-refractivity contribution is 5.68. The van der Waals surface area contributed by atoms with E-state index in [2.05, 4.69) is 21.3 Å². The first kappa shape index (κ1) is 26.9. The minimum atomic E-state index is -0.724. The van der Waals surface area contributed by atoms with Gasteiger partial charge in [-0.15, -0.1) is 0 Å². The molecule has 1 aromatic heterocycles. The quantitative estimate of drug-likeness (QED) is 0.374. The maximum Gasteiger partial charge on any atom is 0.434 e. The number of para-hydroxylation sites is 1. The number of hydrogen-bond acceptors (Lipinski definition) is 8. The van der Waals surface area contributed by atoms with E-state index in [4.69, 9.17) is 14.3 Å². The summed E-state index contributed by atoms with van der Waals surface area (Å²) in [6.07, 6.45) is 6.18. The average Bonchev–Trinajstić information content (AvgIpc) is 3.25. The van der Waals surface area contributed by atoms with E-state index in [0.29, 0.717) is 37.5 Å². The molecule has 40 heavy (non-hydrogen) atoms. The van der Waals surface area contributed by atoms with Crippen molar-refractivity contribution < 1.29 is 24.2 Å². The molecule has 1 fully saturated rings. The summed E-state index contributed by atoms with van der Waals surface area (Å²) in [7, 11) is 1.62. The molecule has 1 saturated heterocycles. The van der Waals surface area contributed by atoms with E-state index < -0.39 is 17.7 Å². The summed E-state index contributed by atoms with van der Waals surface area (Å²) in [4.78, 5) is 36.6. The fourth-order valence-corrected chi connectivity index (χ4v) is 4.67. The number of rotatable bonds is 9.